The van der Waals surface area contributed by atoms with Gasteiger partial charge in [0.15, 0.2) is 5.69 Å². The second kappa shape index (κ2) is 8.26. The predicted octanol–water partition coefficient (Wildman–Crippen LogP) is 2.91. The summed E-state index contributed by atoms with van der Waals surface area (Å²) in [6.45, 7) is 3.00. The van der Waals surface area contributed by atoms with Gasteiger partial charge in [-0.1, -0.05) is 17.3 Å². The summed E-state index contributed by atoms with van der Waals surface area (Å²) in [4.78, 5) is 14.3. The minimum atomic E-state index is -4.52. The number of amides is 1. The standard InChI is InChI=1S/C17H20F3N5O.ClH/c1-11(21)12-5-4-8-24(9-12)16(26)14-10-25(23-22-14)15-7-3-2-6-13(15)17(18,19)20;/h2-3,6-7,10-12H,4-5,8-9,21H2,1H3;1H. The van der Waals surface area contributed by atoms with Crippen molar-refractivity contribution in [3.8, 4) is 5.69 Å². The van der Waals surface area contributed by atoms with Crippen molar-refractivity contribution in [2.75, 3.05) is 13.1 Å². The Hall–Kier alpha value is -2.13. The van der Waals surface area contributed by atoms with Gasteiger partial charge in [-0.05, 0) is 37.8 Å². The van der Waals surface area contributed by atoms with E-state index in [0.29, 0.717) is 13.1 Å². The van der Waals surface area contributed by atoms with E-state index < -0.39 is 11.7 Å². The van der Waals surface area contributed by atoms with Crippen molar-refractivity contribution < 1.29 is 18.0 Å². The lowest BCUT2D eigenvalue weighted by atomic mass is 9.92. The van der Waals surface area contributed by atoms with E-state index >= 15 is 0 Å². The zero-order chi connectivity index (χ0) is 18.9. The molecule has 2 aromatic rings. The lowest BCUT2D eigenvalue weighted by molar-refractivity contribution is -0.137. The van der Waals surface area contributed by atoms with Gasteiger partial charge in [-0.15, -0.1) is 17.5 Å². The van der Waals surface area contributed by atoms with E-state index in [1.807, 2.05) is 6.92 Å². The van der Waals surface area contributed by atoms with Crippen molar-refractivity contribution in [2.24, 2.45) is 11.7 Å². The van der Waals surface area contributed by atoms with Gasteiger partial charge < -0.3 is 10.6 Å². The Kier molecular flexibility index (Phi) is 6.48. The molecule has 1 saturated heterocycles. The van der Waals surface area contributed by atoms with Crippen molar-refractivity contribution in [2.45, 2.75) is 32.0 Å². The Morgan fingerprint density at radius 2 is 2.04 bits per heavy atom. The highest BCUT2D eigenvalue weighted by atomic mass is 35.5. The van der Waals surface area contributed by atoms with Crippen molar-refractivity contribution in [3.05, 3.63) is 41.7 Å². The first-order valence-corrected chi connectivity index (χ1v) is 8.41. The molecule has 0 radical (unpaired) electrons. The summed E-state index contributed by atoms with van der Waals surface area (Å²) in [6, 6.07) is 5.01. The number of para-hydroxylation sites is 1. The van der Waals surface area contributed by atoms with Crippen LogP contribution in [0.15, 0.2) is 30.5 Å². The average Bonchev–Trinajstić information content (AvgIpc) is 3.10. The average molecular weight is 404 g/mol. The number of halogens is 4. The maximum Gasteiger partial charge on any atom is 0.418 e. The molecule has 0 spiro atoms. The van der Waals surface area contributed by atoms with Crippen LogP contribution in [0.1, 0.15) is 35.8 Å². The number of nitrogens with zero attached hydrogens (tertiary/aromatic N) is 4. The molecule has 2 N–H and O–H groups in total. The summed E-state index contributed by atoms with van der Waals surface area (Å²) in [7, 11) is 0. The zero-order valence-corrected chi connectivity index (χ0v) is 15.5. The van der Waals surface area contributed by atoms with Crippen LogP contribution in [-0.2, 0) is 6.18 Å². The molecule has 148 valence electrons. The van der Waals surface area contributed by atoms with Gasteiger partial charge in [0, 0.05) is 19.1 Å². The fourth-order valence-electron chi connectivity index (χ4n) is 3.18. The molecular weight excluding hydrogens is 383 g/mol. The molecule has 1 aliphatic rings. The van der Waals surface area contributed by atoms with Gasteiger partial charge in [0.1, 0.15) is 0 Å². The fourth-order valence-corrected chi connectivity index (χ4v) is 3.18. The highest BCUT2D eigenvalue weighted by Gasteiger charge is 2.34. The minimum Gasteiger partial charge on any atom is -0.337 e. The van der Waals surface area contributed by atoms with Gasteiger partial charge in [-0.2, -0.15) is 13.2 Å². The predicted molar refractivity (Wildman–Crippen MR) is 95.9 cm³/mol. The van der Waals surface area contributed by atoms with E-state index in [4.69, 9.17) is 5.73 Å². The van der Waals surface area contributed by atoms with Gasteiger partial charge in [-0.25, -0.2) is 4.68 Å². The maximum atomic E-state index is 13.2. The summed E-state index contributed by atoms with van der Waals surface area (Å²) in [5, 5.41) is 7.51. The summed E-state index contributed by atoms with van der Waals surface area (Å²) in [6.07, 6.45) is -1.50. The number of likely N-dealkylation sites (tertiary alicyclic amines) is 1. The molecule has 1 aliphatic heterocycles. The molecule has 6 nitrogen and oxygen atoms in total. The van der Waals surface area contributed by atoms with E-state index in [0.717, 1.165) is 23.6 Å². The third-order valence-electron chi connectivity index (χ3n) is 4.66. The topological polar surface area (TPSA) is 77.0 Å². The number of carbonyl (C=O) groups excluding carboxylic acids is 1. The monoisotopic (exact) mass is 403 g/mol. The molecule has 10 heteroatoms. The van der Waals surface area contributed by atoms with E-state index in [9.17, 15) is 18.0 Å². The van der Waals surface area contributed by atoms with Crippen molar-refractivity contribution in [1.82, 2.24) is 19.9 Å². The Morgan fingerprint density at radius 1 is 1.33 bits per heavy atom. The second-order valence-corrected chi connectivity index (χ2v) is 6.58. The smallest absolute Gasteiger partial charge is 0.337 e. The number of rotatable bonds is 3. The van der Waals surface area contributed by atoms with Crippen LogP contribution >= 0.6 is 12.4 Å². The van der Waals surface area contributed by atoms with Crippen LogP contribution in [-0.4, -0.2) is 44.9 Å². The largest absolute Gasteiger partial charge is 0.418 e. The molecular formula is C17H21ClF3N5O. The third-order valence-corrected chi connectivity index (χ3v) is 4.66. The lowest BCUT2D eigenvalue weighted by Crippen LogP contribution is -2.45. The molecule has 1 fully saturated rings. The number of hydrogen-bond acceptors (Lipinski definition) is 4. The molecule has 0 aliphatic carbocycles. The van der Waals surface area contributed by atoms with Gasteiger partial charge in [0.2, 0.25) is 0 Å². The normalized spacial score (nSPS) is 18.7. The van der Waals surface area contributed by atoms with Crippen molar-refractivity contribution in [1.29, 1.82) is 0 Å². The van der Waals surface area contributed by atoms with E-state index in [-0.39, 0.29) is 41.7 Å². The summed E-state index contributed by atoms with van der Waals surface area (Å²) in [5.41, 5.74) is 4.95. The van der Waals surface area contributed by atoms with Gasteiger partial charge in [-0.3, -0.25) is 4.79 Å². The molecule has 1 aromatic carbocycles. The number of hydrogen-bond donors (Lipinski definition) is 1. The van der Waals surface area contributed by atoms with Crippen LogP contribution in [0.2, 0.25) is 0 Å². The Bertz CT molecular complexity index is 793. The molecule has 27 heavy (non-hydrogen) atoms. The third kappa shape index (κ3) is 4.59. The Labute approximate surface area is 160 Å². The van der Waals surface area contributed by atoms with Crippen LogP contribution < -0.4 is 5.73 Å². The number of benzene rings is 1. The first-order valence-electron chi connectivity index (χ1n) is 8.41. The van der Waals surface area contributed by atoms with Crippen LogP contribution in [0.3, 0.4) is 0 Å². The molecule has 3 rings (SSSR count). The summed E-state index contributed by atoms with van der Waals surface area (Å²) < 4.78 is 40.5. The highest BCUT2D eigenvalue weighted by molar-refractivity contribution is 5.92. The van der Waals surface area contributed by atoms with Crippen LogP contribution in [0.5, 0.6) is 0 Å². The highest BCUT2D eigenvalue weighted by Crippen LogP contribution is 2.33. The quantitative estimate of drug-likeness (QED) is 0.854. The summed E-state index contributed by atoms with van der Waals surface area (Å²) in [5.74, 6) is -0.139. The van der Waals surface area contributed by atoms with Gasteiger partial charge >= 0.3 is 6.18 Å². The van der Waals surface area contributed by atoms with Crippen molar-refractivity contribution in [3.63, 3.8) is 0 Å². The molecule has 2 unspecified atom stereocenters. The van der Waals surface area contributed by atoms with Gasteiger partial charge in [0.05, 0.1) is 17.4 Å². The molecule has 2 atom stereocenters. The van der Waals surface area contributed by atoms with Gasteiger partial charge in [0.25, 0.3) is 5.91 Å². The molecule has 1 amide bonds. The summed E-state index contributed by atoms with van der Waals surface area (Å²) >= 11 is 0. The molecule has 2 heterocycles. The molecule has 1 aromatic heterocycles. The second-order valence-electron chi connectivity index (χ2n) is 6.58. The van der Waals surface area contributed by atoms with E-state index in [2.05, 4.69) is 10.3 Å². The first kappa shape index (κ1) is 21.2. The number of alkyl halides is 3. The zero-order valence-electron chi connectivity index (χ0n) is 14.7. The van der Waals surface area contributed by atoms with Crippen LogP contribution in [0.25, 0.3) is 5.69 Å². The number of piperidine rings is 1. The lowest BCUT2D eigenvalue weighted by Gasteiger charge is -2.34. The Morgan fingerprint density at radius 3 is 2.70 bits per heavy atom. The Balaban J connectivity index is 0.00000261. The maximum absolute atomic E-state index is 13.2. The number of nitrogens with two attached hydrogens (primary N) is 1. The SMILES string of the molecule is CC(N)C1CCCN(C(=O)c2cn(-c3ccccc3C(F)(F)F)nn2)C1.Cl. The fraction of sp³-hybridized carbons (Fsp3) is 0.471. The van der Waals surface area contributed by atoms with Crippen LogP contribution in [0, 0.1) is 5.92 Å². The molecule has 0 bridgehead atoms. The molecule has 0 saturated carbocycles. The first-order chi connectivity index (χ1) is 12.3. The number of aromatic nitrogens is 3. The van der Waals surface area contributed by atoms with Crippen molar-refractivity contribution >= 4 is 18.3 Å². The van der Waals surface area contributed by atoms with E-state index in [1.165, 1.54) is 24.4 Å². The number of carbonyl (C=O) groups is 1. The van der Waals surface area contributed by atoms with E-state index in [1.54, 1.807) is 4.90 Å². The minimum absolute atomic E-state index is 0. The van der Waals surface area contributed by atoms with Crippen LogP contribution in [0.4, 0.5) is 13.2 Å².